The van der Waals surface area contributed by atoms with Gasteiger partial charge in [-0.25, -0.2) is 0 Å². The third kappa shape index (κ3) is 0.881. The first-order valence-corrected chi connectivity index (χ1v) is 2.11. The number of nitrogens with two attached hydrogens (primary N) is 1. The van der Waals surface area contributed by atoms with E-state index in [0.29, 0.717) is 0 Å². The van der Waals surface area contributed by atoms with E-state index in [1.165, 1.54) is 0 Å². The van der Waals surface area contributed by atoms with Crippen molar-refractivity contribution >= 4 is 0 Å². The molecule has 0 aliphatic heterocycles. The molecule has 0 spiro atoms. The van der Waals surface area contributed by atoms with Crippen molar-refractivity contribution in [3.05, 3.63) is 36.1 Å². The molecule has 0 fully saturated rings. The van der Waals surface area contributed by atoms with Crippen molar-refractivity contribution in [1.82, 2.24) is 0 Å². The van der Waals surface area contributed by atoms with Gasteiger partial charge in [0.15, 0.2) is 0 Å². The van der Waals surface area contributed by atoms with Crippen molar-refractivity contribution in [2.45, 2.75) is 0 Å². The van der Waals surface area contributed by atoms with Gasteiger partial charge in [-0.2, -0.15) is 0 Å². The predicted octanol–water partition coefficient (Wildman–Crippen LogP) is 0.758. The Morgan fingerprint density at radius 3 is 2.71 bits per heavy atom. The van der Waals surface area contributed by atoms with Crippen LogP contribution in [-0.4, -0.2) is 0 Å². The highest BCUT2D eigenvalue weighted by Gasteiger charge is 1.91. The smallest absolute Gasteiger partial charge is 0.144 e. The van der Waals surface area contributed by atoms with Crippen molar-refractivity contribution in [2.24, 2.45) is 5.73 Å². The lowest BCUT2D eigenvalue weighted by molar-refractivity contribution is 1.40. The highest BCUT2D eigenvalue weighted by Crippen LogP contribution is 1.93. The maximum atomic E-state index is 5.33. The first kappa shape index (κ1) is 4.10. The summed E-state index contributed by atoms with van der Waals surface area (Å²) in [6.07, 6.45) is 10.1. The molecule has 1 rings (SSSR count). The lowest BCUT2D eigenvalue weighted by Crippen LogP contribution is -1.92. The van der Waals surface area contributed by atoms with Crippen molar-refractivity contribution < 1.29 is 0 Å². The standard InChI is InChI=1S/C6H6N/c7-6-4-2-1-3-5-6/h1-2,4-5H,7H2/q+1. The largest absolute Gasteiger partial charge is 0.347 e. The Kier molecular flexibility index (Phi) is 0.928. The van der Waals surface area contributed by atoms with Crippen LogP contribution in [0.4, 0.5) is 0 Å². The molecule has 1 aliphatic rings. The molecule has 0 saturated carbocycles. The highest BCUT2D eigenvalue weighted by molar-refractivity contribution is 5.26. The normalized spacial score (nSPS) is 15.7. The van der Waals surface area contributed by atoms with Gasteiger partial charge >= 0.3 is 0 Å². The average Bonchev–Trinajstić information content (AvgIpc) is 1.69. The van der Waals surface area contributed by atoms with Gasteiger partial charge < -0.3 is 5.73 Å². The molecule has 0 aromatic carbocycles. The third-order valence-electron chi connectivity index (χ3n) is 0.731. The van der Waals surface area contributed by atoms with E-state index in [0.717, 1.165) is 5.70 Å². The quantitative estimate of drug-likeness (QED) is 0.438. The van der Waals surface area contributed by atoms with Crippen molar-refractivity contribution in [3.63, 3.8) is 0 Å². The van der Waals surface area contributed by atoms with Gasteiger partial charge in [0, 0.05) is 12.2 Å². The molecular formula is C6H6N+. The van der Waals surface area contributed by atoms with Gasteiger partial charge in [0.1, 0.15) is 17.8 Å². The first-order chi connectivity index (χ1) is 3.39. The van der Waals surface area contributed by atoms with Crippen LogP contribution < -0.4 is 5.73 Å². The van der Waals surface area contributed by atoms with E-state index in [1.54, 1.807) is 6.08 Å². The molecule has 0 radical (unpaired) electrons. The van der Waals surface area contributed by atoms with E-state index < -0.39 is 0 Å². The minimum absolute atomic E-state index is 0.766. The van der Waals surface area contributed by atoms with Crippen LogP contribution in [0.3, 0.4) is 0 Å². The van der Waals surface area contributed by atoms with Gasteiger partial charge in [-0.3, -0.25) is 0 Å². The molecule has 0 aromatic rings. The molecule has 1 nitrogen and oxygen atoms in total. The molecule has 0 unspecified atom stereocenters. The Hall–Kier alpha value is -1.07. The summed E-state index contributed by atoms with van der Waals surface area (Å²) in [5.74, 6) is 0. The van der Waals surface area contributed by atoms with Gasteiger partial charge in [0.05, 0.1) is 6.08 Å². The van der Waals surface area contributed by atoms with E-state index in [1.807, 2.05) is 18.2 Å². The average molecular weight is 92.1 g/mol. The molecule has 1 heteroatoms. The Bertz CT molecular complexity index is 140. The summed E-state index contributed by atoms with van der Waals surface area (Å²) in [4.78, 5) is 0. The van der Waals surface area contributed by atoms with Gasteiger partial charge in [0.25, 0.3) is 0 Å². The van der Waals surface area contributed by atoms with Crippen LogP contribution in [0, 0.1) is 6.08 Å². The zero-order valence-electron chi connectivity index (χ0n) is 3.89. The van der Waals surface area contributed by atoms with E-state index in [2.05, 4.69) is 6.08 Å². The Morgan fingerprint density at radius 1 is 1.57 bits per heavy atom. The molecule has 34 valence electrons. The molecule has 0 aromatic heterocycles. The molecule has 0 atom stereocenters. The van der Waals surface area contributed by atoms with Gasteiger partial charge in [-0.15, -0.1) is 0 Å². The molecule has 0 bridgehead atoms. The summed E-state index contributed by atoms with van der Waals surface area (Å²) in [6.45, 7) is 0. The van der Waals surface area contributed by atoms with Gasteiger partial charge in [-0.05, 0) is 0 Å². The minimum atomic E-state index is 0.766. The van der Waals surface area contributed by atoms with E-state index in [9.17, 15) is 0 Å². The van der Waals surface area contributed by atoms with E-state index >= 15 is 0 Å². The summed E-state index contributed by atoms with van der Waals surface area (Å²) in [5, 5.41) is 0. The first-order valence-electron chi connectivity index (χ1n) is 2.11. The highest BCUT2D eigenvalue weighted by atomic mass is 14.5. The number of rotatable bonds is 0. The zero-order valence-corrected chi connectivity index (χ0v) is 3.89. The molecule has 0 amide bonds. The summed E-state index contributed by atoms with van der Waals surface area (Å²) in [6, 6.07) is 0. The van der Waals surface area contributed by atoms with Gasteiger partial charge in [0.2, 0.25) is 0 Å². The molecule has 2 N–H and O–H groups in total. The lowest BCUT2D eigenvalue weighted by atomic mass is 10.3. The van der Waals surface area contributed by atoms with Crippen LogP contribution in [0.1, 0.15) is 0 Å². The summed E-state index contributed by atoms with van der Waals surface area (Å²) >= 11 is 0. The topological polar surface area (TPSA) is 26.0 Å². The zero-order chi connectivity index (χ0) is 5.11. The minimum Gasteiger partial charge on any atom is -0.347 e. The fraction of sp³-hybridized carbons (Fsp3) is 0. The van der Waals surface area contributed by atoms with Crippen LogP contribution in [0.25, 0.3) is 0 Å². The predicted molar refractivity (Wildman–Crippen MR) is 29.2 cm³/mol. The fourth-order valence-electron chi connectivity index (χ4n) is 0.407. The summed E-state index contributed by atoms with van der Waals surface area (Å²) in [7, 11) is 0. The maximum Gasteiger partial charge on any atom is 0.144 e. The Morgan fingerprint density at radius 2 is 2.43 bits per heavy atom. The number of hydrogen-bond acceptors (Lipinski definition) is 1. The van der Waals surface area contributed by atoms with Crippen LogP contribution in [0.15, 0.2) is 30.0 Å². The van der Waals surface area contributed by atoms with Gasteiger partial charge in [-0.1, -0.05) is 0 Å². The molecule has 1 aliphatic carbocycles. The van der Waals surface area contributed by atoms with Crippen molar-refractivity contribution in [3.8, 4) is 0 Å². The third-order valence-corrected chi connectivity index (χ3v) is 0.731. The van der Waals surface area contributed by atoms with Crippen LogP contribution >= 0.6 is 0 Å². The monoisotopic (exact) mass is 92.0 g/mol. The van der Waals surface area contributed by atoms with Crippen LogP contribution in [0.2, 0.25) is 0 Å². The Labute approximate surface area is 42.8 Å². The fourth-order valence-corrected chi connectivity index (χ4v) is 0.407. The van der Waals surface area contributed by atoms with Crippen molar-refractivity contribution in [1.29, 1.82) is 0 Å². The van der Waals surface area contributed by atoms with E-state index in [4.69, 9.17) is 5.73 Å². The number of allylic oxidation sites excluding steroid dienone is 5. The molecular weight excluding hydrogens is 86.1 g/mol. The Balaban J connectivity index is 2.82. The lowest BCUT2D eigenvalue weighted by Gasteiger charge is -1.78. The van der Waals surface area contributed by atoms with Crippen molar-refractivity contribution in [2.75, 3.05) is 0 Å². The maximum absolute atomic E-state index is 5.33. The summed E-state index contributed by atoms with van der Waals surface area (Å²) in [5.41, 5.74) is 6.09. The number of hydrogen-bond donors (Lipinski definition) is 1. The molecule has 7 heavy (non-hydrogen) atoms. The summed E-state index contributed by atoms with van der Waals surface area (Å²) < 4.78 is 0. The molecule has 0 heterocycles. The second kappa shape index (κ2) is 1.59. The van der Waals surface area contributed by atoms with Crippen LogP contribution in [-0.2, 0) is 0 Å². The second-order valence-electron chi connectivity index (χ2n) is 1.34. The van der Waals surface area contributed by atoms with Crippen LogP contribution in [0.5, 0.6) is 0 Å². The van der Waals surface area contributed by atoms with E-state index in [-0.39, 0.29) is 0 Å². The second-order valence-corrected chi connectivity index (χ2v) is 1.34. The SMILES string of the molecule is NC1=CC=C[C+]=C1. The molecule has 0 saturated heterocycles.